The van der Waals surface area contributed by atoms with Crippen LogP contribution in [0, 0.1) is 12.3 Å². The number of aryl methyl sites for hydroxylation is 1. The van der Waals surface area contributed by atoms with Crippen LogP contribution in [0.25, 0.3) is 0 Å². The Bertz CT molecular complexity index is 470. The minimum absolute atomic E-state index is 0.0299. The minimum atomic E-state index is 0.0299. The summed E-state index contributed by atoms with van der Waals surface area (Å²) in [4.78, 5) is 9.20. The summed E-state index contributed by atoms with van der Waals surface area (Å²) in [6.45, 7) is 5.21. The van der Waals surface area contributed by atoms with E-state index in [-0.39, 0.29) is 12.0 Å². The van der Waals surface area contributed by atoms with Crippen molar-refractivity contribution in [3.63, 3.8) is 0 Å². The molecule has 5 nitrogen and oxygen atoms in total. The molecule has 0 aromatic carbocycles. The standard InChI is InChI=1S/C16H28N4O/c1-4-7-13-19-14(17-3)12(2)15(20-13)18-10-16(11-21)8-5-6-9-16/h21H,4-11H2,1-3H3,(H2,17,18,19,20). The highest BCUT2D eigenvalue weighted by Crippen LogP contribution is 2.37. The van der Waals surface area contributed by atoms with E-state index in [2.05, 4.69) is 27.5 Å². The first kappa shape index (κ1) is 16.0. The van der Waals surface area contributed by atoms with Gasteiger partial charge in [0, 0.05) is 31.0 Å². The van der Waals surface area contributed by atoms with Crippen molar-refractivity contribution >= 4 is 11.6 Å². The molecule has 5 heteroatoms. The lowest BCUT2D eigenvalue weighted by Crippen LogP contribution is -2.31. The summed E-state index contributed by atoms with van der Waals surface area (Å²) in [7, 11) is 1.89. The third-order valence-corrected chi connectivity index (χ3v) is 4.53. The van der Waals surface area contributed by atoms with Crippen molar-refractivity contribution in [2.45, 2.75) is 52.4 Å². The van der Waals surface area contributed by atoms with Gasteiger partial charge in [-0.3, -0.25) is 0 Å². The molecule has 1 aromatic rings. The Labute approximate surface area is 127 Å². The van der Waals surface area contributed by atoms with Crippen LogP contribution >= 0.6 is 0 Å². The molecular formula is C16H28N4O. The van der Waals surface area contributed by atoms with Gasteiger partial charge >= 0.3 is 0 Å². The van der Waals surface area contributed by atoms with Gasteiger partial charge in [-0.25, -0.2) is 9.97 Å². The summed E-state index contributed by atoms with van der Waals surface area (Å²) < 4.78 is 0. The molecule has 118 valence electrons. The molecule has 1 saturated carbocycles. The summed E-state index contributed by atoms with van der Waals surface area (Å²) in [6, 6.07) is 0. The maximum Gasteiger partial charge on any atom is 0.134 e. The van der Waals surface area contributed by atoms with Crippen molar-refractivity contribution in [1.29, 1.82) is 0 Å². The SMILES string of the molecule is CCCc1nc(NC)c(C)c(NCC2(CO)CCCC2)n1. The van der Waals surface area contributed by atoms with E-state index in [1.807, 2.05) is 14.0 Å². The Balaban J connectivity index is 2.16. The van der Waals surface area contributed by atoms with Crippen LogP contribution in [0.1, 0.15) is 50.4 Å². The highest BCUT2D eigenvalue weighted by atomic mass is 16.3. The van der Waals surface area contributed by atoms with E-state index in [1.165, 1.54) is 12.8 Å². The molecule has 1 fully saturated rings. The Kier molecular flexibility index (Phi) is 5.39. The van der Waals surface area contributed by atoms with Gasteiger partial charge in [0.2, 0.25) is 0 Å². The number of nitrogens with zero attached hydrogens (tertiary/aromatic N) is 2. The first-order chi connectivity index (χ1) is 10.1. The molecule has 0 bridgehead atoms. The van der Waals surface area contributed by atoms with Crippen LogP contribution in [-0.2, 0) is 6.42 Å². The topological polar surface area (TPSA) is 70.1 Å². The minimum Gasteiger partial charge on any atom is -0.396 e. The fourth-order valence-corrected chi connectivity index (χ4v) is 3.10. The lowest BCUT2D eigenvalue weighted by Gasteiger charge is -2.27. The third-order valence-electron chi connectivity index (χ3n) is 4.53. The van der Waals surface area contributed by atoms with E-state index in [1.54, 1.807) is 0 Å². The lowest BCUT2D eigenvalue weighted by molar-refractivity contribution is 0.142. The smallest absolute Gasteiger partial charge is 0.134 e. The molecule has 1 aliphatic rings. The fourth-order valence-electron chi connectivity index (χ4n) is 3.10. The second kappa shape index (κ2) is 7.07. The molecule has 21 heavy (non-hydrogen) atoms. The van der Waals surface area contributed by atoms with Crippen molar-refractivity contribution in [2.24, 2.45) is 5.41 Å². The first-order valence-electron chi connectivity index (χ1n) is 8.04. The molecule has 0 unspecified atom stereocenters. The molecule has 1 aliphatic carbocycles. The quantitative estimate of drug-likeness (QED) is 0.721. The average molecular weight is 292 g/mol. The molecule has 0 radical (unpaired) electrons. The number of nitrogens with one attached hydrogen (secondary N) is 2. The molecule has 0 amide bonds. The van der Waals surface area contributed by atoms with E-state index in [4.69, 9.17) is 0 Å². The van der Waals surface area contributed by atoms with Crippen LogP contribution in [0.3, 0.4) is 0 Å². The van der Waals surface area contributed by atoms with Crippen LogP contribution in [0.15, 0.2) is 0 Å². The van der Waals surface area contributed by atoms with Crippen LogP contribution in [-0.4, -0.2) is 35.3 Å². The van der Waals surface area contributed by atoms with Gasteiger partial charge in [0.05, 0.1) is 6.61 Å². The predicted octanol–water partition coefficient (Wildman–Crippen LogP) is 2.74. The lowest BCUT2D eigenvalue weighted by atomic mass is 9.87. The van der Waals surface area contributed by atoms with Crippen molar-refractivity contribution in [1.82, 2.24) is 9.97 Å². The second-order valence-electron chi connectivity index (χ2n) is 6.18. The van der Waals surface area contributed by atoms with Crippen LogP contribution in [0.4, 0.5) is 11.6 Å². The molecule has 0 spiro atoms. The van der Waals surface area contributed by atoms with E-state index >= 15 is 0 Å². The van der Waals surface area contributed by atoms with Gasteiger partial charge in [-0.15, -0.1) is 0 Å². The van der Waals surface area contributed by atoms with Crippen molar-refractivity contribution < 1.29 is 5.11 Å². The van der Waals surface area contributed by atoms with Crippen LogP contribution in [0.2, 0.25) is 0 Å². The normalized spacial score (nSPS) is 17.0. The van der Waals surface area contributed by atoms with Gasteiger partial charge in [-0.2, -0.15) is 0 Å². The molecule has 0 aliphatic heterocycles. The van der Waals surface area contributed by atoms with Gasteiger partial charge < -0.3 is 15.7 Å². The van der Waals surface area contributed by atoms with E-state index in [0.717, 1.165) is 55.3 Å². The third kappa shape index (κ3) is 3.64. The van der Waals surface area contributed by atoms with Crippen molar-refractivity contribution in [2.75, 3.05) is 30.8 Å². The molecule has 2 rings (SSSR count). The molecule has 1 aromatic heterocycles. The number of rotatable bonds is 7. The highest BCUT2D eigenvalue weighted by molar-refractivity contribution is 5.57. The highest BCUT2D eigenvalue weighted by Gasteiger charge is 2.33. The molecule has 0 atom stereocenters. The molecular weight excluding hydrogens is 264 g/mol. The summed E-state index contributed by atoms with van der Waals surface area (Å²) >= 11 is 0. The molecule has 3 N–H and O–H groups in total. The zero-order valence-corrected chi connectivity index (χ0v) is 13.5. The van der Waals surface area contributed by atoms with Gasteiger partial charge in [0.25, 0.3) is 0 Å². The summed E-state index contributed by atoms with van der Waals surface area (Å²) in [5.74, 6) is 2.66. The van der Waals surface area contributed by atoms with E-state index in [9.17, 15) is 5.11 Å². The van der Waals surface area contributed by atoms with E-state index < -0.39 is 0 Å². The number of aliphatic hydroxyl groups is 1. The summed E-state index contributed by atoms with van der Waals surface area (Å²) in [6.07, 6.45) is 6.55. The number of aromatic nitrogens is 2. The van der Waals surface area contributed by atoms with Gasteiger partial charge in [0.15, 0.2) is 0 Å². The number of hydrogen-bond donors (Lipinski definition) is 3. The molecule has 1 heterocycles. The van der Waals surface area contributed by atoms with Crippen molar-refractivity contribution in [3.8, 4) is 0 Å². The van der Waals surface area contributed by atoms with Crippen molar-refractivity contribution in [3.05, 3.63) is 11.4 Å². The van der Waals surface area contributed by atoms with Gasteiger partial charge in [-0.1, -0.05) is 19.8 Å². The number of aliphatic hydroxyl groups excluding tert-OH is 1. The van der Waals surface area contributed by atoms with Gasteiger partial charge in [-0.05, 0) is 26.2 Å². The monoisotopic (exact) mass is 292 g/mol. The fraction of sp³-hybridized carbons (Fsp3) is 0.750. The Hall–Kier alpha value is -1.36. The van der Waals surface area contributed by atoms with Crippen LogP contribution < -0.4 is 10.6 Å². The Morgan fingerprint density at radius 1 is 1.19 bits per heavy atom. The Morgan fingerprint density at radius 3 is 2.43 bits per heavy atom. The number of hydrogen-bond acceptors (Lipinski definition) is 5. The second-order valence-corrected chi connectivity index (χ2v) is 6.18. The summed E-state index contributed by atoms with van der Waals surface area (Å²) in [5, 5.41) is 16.3. The van der Waals surface area contributed by atoms with Gasteiger partial charge in [0.1, 0.15) is 17.5 Å². The maximum absolute atomic E-state index is 9.72. The average Bonchev–Trinajstić information content (AvgIpc) is 2.97. The van der Waals surface area contributed by atoms with E-state index in [0.29, 0.717) is 0 Å². The first-order valence-corrected chi connectivity index (χ1v) is 8.04. The Morgan fingerprint density at radius 2 is 1.86 bits per heavy atom. The zero-order valence-electron chi connectivity index (χ0n) is 13.5. The van der Waals surface area contributed by atoms with Crippen LogP contribution in [0.5, 0.6) is 0 Å². The molecule has 0 saturated heterocycles. The zero-order chi connectivity index (χ0) is 15.3. The number of anilines is 2. The summed E-state index contributed by atoms with van der Waals surface area (Å²) in [5.41, 5.74) is 1.07. The largest absolute Gasteiger partial charge is 0.396 e. The maximum atomic E-state index is 9.72. The predicted molar refractivity (Wildman–Crippen MR) is 86.8 cm³/mol.